The van der Waals surface area contributed by atoms with Crippen LogP contribution in [-0.2, 0) is 29.0 Å². The van der Waals surface area contributed by atoms with Crippen LogP contribution < -0.4 is 10.5 Å². The zero-order chi connectivity index (χ0) is 21.8. The summed E-state index contributed by atoms with van der Waals surface area (Å²) in [6, 6.07) is 1.87. The Labute approximate surface area is 172 Å². The van der Waals surface area contributed by atoms with Crippen molar-refractivity contribution in [3.8, 4) is 5.75 Å². The van der Waals surface area contributed by atoms with E-state index in [1.807, 2.05) is 0 Å². The zero-order valence-electron chi connectivity index (χ0n) is 16.2. The number of primary amides is 1. The Morgan fingerprint density at radius 1 is 1.37 bits per heavy atom. The molecule has 164 valence electrons. The Morgan fingerprint density at radius 3 is 2.70 bits per heavy atom. The second kappa shape index (κ2) is 7.06. The van der Waals surface area contributed by atoms with E-state index in [0.717, 1.165) is 4.90 Å². The molecule has 0 spiro atoms. The quantitative estimate of drug-likeness (QED) is 0.589. The van der Waals surface area contributed by atoms with Crippen LogP contribution in [0.1, 0.15) is 37.1 Å². The van der Waals surface area contributed by atoms with Crippen LogP contribution >= 0.6 is 0 Å². The third-order valence-electron chi connectivity index (χ3n) is 5.06. The molecule has 4 rings (SSSR count). The van der Waals surface area contributed by atoms with Crippen LogP contribution in [0.15, 0.2) is 18.2 Å². The average Bonchev–Trinajstić information content (AvgIpc) is 3.11. The highest BCUT2D eigenvalue weighted by Gasteiger charge is 2.51. The molecule has 30 heavy (non-hydrogen) atoms. The number of urea groups is 1. The number of fused-ring (bicyclic) bond motifs is 4. The molecule has 3 heterocycles. The number of amides is 3. The zero-order valence-corrected chi connectivity index (χ0v) is 17.0. The van der Waals surface area contributed by atoms with E-state index < -0.39 is 40.2 Å². The maximum Gasteiger partial charge on any atom is 0.418 e. The van der Waals surface area contributed by atoms with Gasteiger partial charge >= 0.3 is 16.4 Å². The van der Waals surface area contributed by atoms with E-state index in [-0.39, 0.29) is 19.3 Å². The summed E-state index contributed by atoms with van der Waals surface area (Å²) in [5.41, 5.74) is 6.33. The van der Waals surface area contributed by atoms with Gasteiger partial charge in [-0.25, -0.2) is 4.79 Å². The predicted molar refractivity (Wildman–Crippen MR) is 98.1 cm³/mol. The molecule has 1 aromatic rings. The number of hydrogen-bond acceptors (Lipinski definition) is 8. The number of benzene rings is 1. The second-order valence-electron chi connectivity index (χ2n) is 7.64. The van der Waals surface area contributed by atoms with Crippen molar-refractivity contribution in [1.82, 2.24) is 9.96 Å². The van der Waals surface area contributed by atoms with Crippen molar-refractivity contribution in [2.24, 2.45) is 5.73 Å². The molecule has 3 unspecified atom stereocenters. The largest absolute Gasteiger partial charge is 0.491 e. The minimum atomic E-state index is -4.96. The molecule has 0 aromatic heterocycles. The summed E-state index contributed by atoms with van der Waals surface area (Å²) in [4.78, 5) is 25.7. The van der Waals surface area contributed by atoms with Gasteiger partial charge < -0.3 is 24.8 Å². The van der Waals surface area contributed by atoms with Gasteiger partial charge in [-0.3, -0.25) is 9.35 Å². The van der Waals surface area contributed by atoms with Gasteiger partial charge in [0.05, 0.1) is 13.2 Å². The lowest BCUT2D eigenvalue weighted by atomic mass is 9.90. The highest BCUT2D eigenvalue weighted by atomic mass is 32.3. The van der Waals surface area contributed by atoms with Crippen molar-refractivity contribution in [3.05, 3.63) is 29.3 Å². The SMILES string of the molecule is CC1(C)OCC(COc2ccc3c(c2)C2CN(C(=O)N2OS(=O)(=O)O)C3C(N)=O)O1. The fraction of sp³-hybridized carbons (Fsp3) is 0.529. The average molecular weight is 443 g/mol. The molecule has 3 atom stereocenters. The lowest BCUT2D eigenvalue weighted by molar-refractivity contribution is -0.141. The van der Waals surface area contributed by atoms with E-state index in [1.165, 1.54) is 0 Å². The van der Waals surface area contributed by atoms with E-state index in [2.05, 4.69) is 4.28 Å². The number of carbonyl (C=O) groups is 2. The first kappa shape index (κ1) is 20.8. The van der Waals surface area contributed by atoms with E-state index >= 15 is 0 Å². The minimum absolute atomic E-state index is 0.0494. The van der Waals surface area contributed by atoms with Crippen LogP contribution in [-0.4, -0.2) is 66.5 Å². The summed E-state index contributed by atoms with van der Waals surface area (Å²) in [6.07, 6.45) is -0.280. The summed E-state index contributed by atoms with van der Waals surface area (Å²) in [5.74, 6) is -1.08. The molecule has 12 nitrogen and oxygen atoms in total. The Kier molecular flexibility index (Phi) is 4.90. The van der Waals surface area contributed by atoms with Crippen LogP contribution in [0.2, 0.25) is 0 Å². The summed E-state index contributed by atoms with van der Waals surface area (Å²) < 4.78 is 52.8. The lowest BCUT2D eigenvalue weighted by Crippen LogP contribution is -2.41. The van der Waals surface area contributed by atoms with Crippen molar-refractivity contribution in [1.29, 1.82) is 0 Å². The molecule has 13 heteroatoms. The summed E-state index contributed by atoms with van der Waals surface area (Å²) >= 11 is 0. The van der Waals surface area contributed by atoms with E-state index in [1.54, 1.807) is 32.0 Å². The van der Waals surface area contributed by atoms with E-state index in [0.29, 0.717) is 28.5 Å². The fourth-order valence-electron chi connectivity index (χ4n) is 3.91. The Hall–Kier alpha value is -2.45. The molecular formula is C17H21N3O9S. The molecule has 0 radical (unpaired) electrons. The molecule has 2 fully saturated rings. The van der Waals surface area contributed by atoms with Gasteiger partial charge in [0.25, 0.3) is 0 Å². The number of rotatable bonds is 6. The third-order valence-corrected chi connectivity index (χ3v) is 5.41. The summed E-state index contributed by atoms with van der Waals surface area (Å²) in [6.45, 7) is 4.10. The van der Waals surface area contributed by atoms with E-state index in [9.17, 15) is 18.0 Å². The molecular weight excluding hydrogens is 422 g/mol. The Bertz CT molecular complexity index is 996. The first-order chi connectivity index (χ1) is 14.0. The van der Waals surface area contributed by atoms with Gasteiger partial charge in [0.1, 0.15) is 30.5 Å². The van der Waals surface area contributed by atoms with Crippen LogP contribution in [0.5, 0.6) is 5.75 Å². The smallest absolute Gasteiger partial charge is 0.418 e. The monoisotopic (exact) mass is 443 g/mol. The van der Waals surface area contributed by atoms with Crippen LogP contribution in [0, 0.1) is 0 Å². The van der Waals surface area contributed by atoms with Crippen molar-refractivity contribution in [2.75, 3.05) is 19.8 Å². The topological polar surface area (TPSA) is 158 Å². The normalized spacial score (nSPS) is 27.3. The van der Waals surface area contributed by atoms with Gasteiger partial charge in [0.15, 0.2) is 5.79 Å². The first-order valence-electron chi connectivity index (χ1n) is 9.10. The Morgan fingerprint density at radius 2 is 2.10 bits per heavy atom. The molecule has 0 saturated carbocycles. The standard InChI is InChI=1S/C17H21N3O9S/c1-17(2)27-8-10(28-17)7-26-9-3-4-11-12(5-9)13-6-19(14(11)15(18)21)16(22)20(13)29-30(23,24)25/h3-5,10,13-14H,6-8H2,1-2H3,(H2,18,21)(H,23,24,25). The molecule has 3 N–H and O–H groups in total. The van der Waals surface area contributed by atoms with Crippen molar-refractivity contribution < 1.29 is 41.1 Å². The van der Waals surface area contributed by atoms with Crippen molar-refractivity contribution >= 4 is 22.3 Å². The van der Waals surface area contributed by atoms with Gasteiger partial charge in [-0.15, -0.1) is 4.28 Å². The molecule has 1 aromatic carbocycles. The number of nitrogens with two attached hydrogens (primary N) is 1. The van der Waals surface area contributed by atoms with Gasteiger partial charge in [-0.1, -0.05) is 6.07 Å². The molecule has 3 aliphatic heterocycles. The maximum atomic E-state index is 12.6. The number of carbonyl (C=O) groups excluding carboxylic acids is 2. The molecule has 2 bridgehead atoms. The summed E-state index contributed by atoms with van der Waals surface area (Å²) in [7, 11) is -4.96. The van der Waals surface area contributed by atoms with Gasteiger partial charge in [0.2, 0.25) is 5.91 Å². The number of ether oxygens (including phenoxy) is 3. The number of nitrogens with zero attached hydrogens (tertiary/aromatic N) is 2. The van der Waals surface area contributed by atoms with Gasteiger partial charge in [0, 0.05) is 0 Å². The maximum absolute atomic E-state index is 12.6. The predicted octanol–water partition coefficient (Wildman–Crippen LogP) is 0.270. The van der Waals surface area contributed by atoms with Crippen LogP contribution in [0.4, 0.5) is 4.79 Å². The molecule has 0 aliphatic carbocycles. The molecule has 3 amide bonds. The molecule has 2 saturated heterocycles. The van der Waals surface area contributed by atoms with Crippen LogP contribution in [0.25, 0.3) is 0 Å². The second-order valence-corrected chi connectivity index (χ2v) is 8.64. The molecule has 3 aliphatic rings. The Balaban J connectivity index is 1.62. The lowest BCUT2D eigenvalue weighted by Gasteiger charge is -2.31. The van der Waals surface area contributed by atoms with Crippen molar-refractivity contribution in [3.63, 3.8) is 0 Å². The third kappa shape index (κ3) is 3.81. The number of hydroxylamine groups is 2. The highest BCUT2D eigenvalue weighted by Crippen LogP contribution is 2.45. The van der Waals surface area contributed by atoms with Crippen molar-refractivity contribution in [2.45, 2.75) is 37.8 Å². The van der Waals surface area contributed by atoms with Crippen LogP contribution in [0.3, 0.4) is 0 Å². The number of hydrogen-bond donors (Lipinski definition) is 2. The minimum Gasteiger partial charge on any atom is -0.491 e. The highest BCUT2D eigenvalue weighted by molar-refractivity contribution is 7.80. The van der Waals surface area contributed by atoms with E-state index in [4.69, 9.17) is 24.5 Å². The van der Waals surface area contributed by atoms with Gasteiger partial charge in [-0.2, -0.15) is 13.5 Å². The fourth-order valence-corrected chi connectivity index (χ4v) is 4.28. The first-order valence-corrected chi connectivity index (χ1v) is 10.5. The summed E-state index contributed by atoms with van der Waals surface area (Å²) in [5, 5.41) is 0.511. The van der Waals surface area contributed by atoms with Gasteiger partial charge in [-0.05, 0) is 37.1 Å².